The van der Waals surface area contributed by atoms with E-state index in [1.807, 2.05) is 12.1 Å². The van der Waals surface area contributed by atoms with E-state index < -0.39 is 5.91 Å². The number of rotatable bonds is 7. The first-order chi connectivity index (χ1) is 14.0. The number of amides is 1. The van der Waals surface area contributed by atoms with Crippen molar-refractivity contribution in [1.82, 2.24) is 5.32 Å². The van der Waals surface area contributed by atoms with Gasteiger partial charge in [-0.25, -0.2) is 0 Å². The largest absolute Gasteiger partial charge is 0.489 e. The van der Waals surface area contributed by atoms with Gasteiger partial charge in [0.2, 0.25) is 0 Å². The third-order valence-electron chi connectivity index (χ3n) is 4.48. The van der Waals surface area contributed by atoms with E-state index in [1.54, 1.807) is 42.5 Å². The van der Waals surface area contributed by atoms with Gasteiger partial charge in [0.25, 0.3) is 5.91 Å². The van der Waals surface area contributed by atoms with Gasteiger partial charge in [0.05, 0.1) is 6.10 Å². The Bertz CT molecular complexity index is 930. The number of carbonyl (C=O) groups excluding carboxylic acids is 1. The van der Waals surface area contributed by atoms with Gasteiger partial charge < -0.3 is 14.8 Å². The lowest BCUT2D eigenvalue weighted by molar-refractivity contribution is -0.117. The van der Waals surface area contributed by atoms with Gasteiger partial charge in [-0.2, -0.15) is 5.26 Å². The molecule has 1 amide bonds. The number of hydrogen-bond acceptors (Lipinski definition) is 4. The maximum Gasteiger partial charge on any atom is 0.262 e. The number of ether oxygens (including phenoxy) is 2. The van der Waals surface area contributed by atoms with Crippen LogP contribution in [0.2, 0.25) is 10.0 Å². The minimum atomic E-state index is -0.402. The molecule has 0 bridgehead atoms. The van der Waals surface area contributed by atoms with Gasteiger partial charge in [-0.05, 0) is 48.7 Å². The predicted octanol–water partition coefficient (Wildman–Crippen LogP) is 4.77. The van der Waals surface area contributed by atoms with Gasteiger partial charge in [0.1, 0.15) is 24.0 Å². The van der Waals surface area contributed by atoms with E-state index in [1.165, 1.54) is 0 Å². The average molecular weight is 431 g/mol. The van der Waals surface area contributed by atoms with Gasteiger partial charge in [-0.15, -0.1) is 0 Å². The van der Waals surface area contributed by atoms with Crippen molar-refractivity contribution in [3.05, 3.63) is 69.2 Å². The first kappa shape index (κ1) is 21.2. The molecule has 0 aliphatic carbocycles. The van der Waals surface area contributed by atoms with Crippen LogP contribution < -0.4 is 10.1 Å². The van der Waals surface area contributed by atoms with Crippen LogP contribution in [0.15, 0.2) is 48.0 Å². The summed E-state index contributed by atoms with van der Waals surface area (Å²) in [5, 5.41) is 13.2. The van der Waals surface area contributed by atoms with Crippen LogP contribution in [-0.2, 0) is 16.1 Å². The molecule has 1 fully saturated rings. The Kier molecular flexibility index (Phi) is 7.54. The van der Waals surface area contributed by atoms with Gasteiger partial charge >= 0.3 is 0 Å². The number of nitrogens with one attached hydrogen (secondary N) is 1. The first-order valence-electron chi connectivity index (χ1n) is 9.23. The molecule has 7 heteroatoms. The predicted molar refractivity (Wildman–Crippen MR) is 113 cm³/mol. The van der Waals surface area contributed by atoms with Crippen molar-refractivity contribution < 1.29 is 14.3 Å². The Morgan fingerprint density at radius 3 is 2.72 bits per heavy atom. The van der Waals surface area contributed by atoms with E-state index in [0.717, 1.165) is 30.6 Å². The molecular weight excluding hydrogens is 411 g/mol. The van der Waals surface area contributed by atoms with E-state index in [9.17, 15) is 10.1 Å². The molecule has 2 aromatic carbocycles. The minimum Gasteiger partial charge on any atom is -0.489 e. The molecule has 1 aliphatic rings. The number of nitriles is 1. The van der Waals surface area contributed by atoms with Crippen molar-refractivity contribution in [2.45, 2.75) is 25.6 Å². The zero-order valence-electron chi connectivity index (χ0n) is 15.7. The quantitative estimate of drug-likeness (QED) is 0.506. The Hall–Kier alpha value is -2.52. The normalized spacial score (nSPS) is 16.3. The lowest BCUT2D eigenvalue weighted by atomic mass is 10.1. The second kappa shape index (κ2) is 10.3. The highest BCUT2D eigenvalue weighted by atomic mass is 35.5. The van der Waals surface area contributed by atoms with Crippen molar-refractivity contribution >= 4 is 35.2 Å². The summed E-state index contributed by atoms with van der Waals surface area (Å²) in [5.41, 5.74) is 1.60. The van der Waals surface area contributed by atoms with Gasteiger partial charge in [-0.1, -0.05) is 41.4 Å². The van der Waals surface area contributed by atoms with E-state index in [-0.39, 0.29) is 11.7 Å². The van der Waals surface area contributed by atoms with Crippen LogP contribution in [-0.4, -0.2) is 25.2 Å². The summed E-state index contributed by atoms with van der Waals surface area (Å²) in [6.07, 6.45) is 3.50. The molecule has 1 atom stereocenters. The molecule has 1 N–H and O–H groups in total. The average Bonchev–Trinajstić information content (AvgIpc) is 3.24. The van der Waals surface area contributed by atoms with Gasteiger partial charge in [-0.3, -0.25) is 4.79 Å². The van der Waals surface area contributed by atoms with Gasteiger partial charge in [0.15, 0.2) is 0 Å². The fourth-order valence-electron chi connectivity index (χ4n) is 2.88. The smallest absolute Gasteiger partial charge is 0.262 e. The van der Waals surface area contributed by atoms with Crippen molar-refractivity contribution in [2.24, 2.45) is 0 Å². The molecule has 1 aliphatic heterocycles. The summed E-state index contributed by atoms with van der Waals surface area (Å²) in [4.78, 5) is 12.2. The van der Waals surface area contributed by atoms with Crippen molar-refractivity contribution in [2.75, 3.05) is 13.2 Å². The molecular formula is C22H20Cl2N2O3. The summed E-state index contributed by atoms with van der Waals surface area (Å²) in [6.45, 7) is 1.44. The summed E-state index contributed by atoms with van der Waals surface area (Å²) >= 11 is 12.0. The lowest BCUT2D eigenvalue weighted by Crippen LogP contribution is -2.32. The van der Waals surface area contributed by atoms with Crippen LogP contribution in [0.3, 0.4) is 0 Å². The molecule has 150 valence electrons. The second-order valence-corrected chi connectivity index (χ2v) is 7.45. The molecule has 0 aromatic heterocycles. The number of hydrogen-bond donors (Lipinski definition) is 1. The molecule has 2 aromatic rings. The molecule has 5 nitrogen and oxygen atoms in total. The van der Waals surface area contributed by atoms with Crippen LogP contribution in [0.25, 0.3) is 6.08 Å². The molecule has 1 heterocycles. The van der Waals surface area contributed by atoms with Crippen LogP contribution in [0, 0.1) is 11.3 Å². The molecule has 0 unspecified atom stereocenters. The van der Waals surface area contributed by atoms with Gasteiger partial charge in [0, 0.05) is 28.8 Å². The Morgan fingerprint density at radius 2 is 2.07 bits per heavy atom. The third kappa shape index (κ3) is 6.23. The maximum atomic E-state index is 12.2. The first-order valence-corrected chi connectivity index (χ1v) is 9.99. The SMILES string of the molecule is N#C/C(=C\c1ccc(OCc2ccc(Cl)cc2Cl)cc1)C(=O)NC[C@H]1CCCO1. The van der Waals surface area contributed by atoms with Crippen LogP contribution in [0.1, 0.15) is 24.0 Å². The molecule has 29 heavy (non-hydrogen) atoms. The topological polar surface area (TPSA) is 71.3 Å². The summed E-state index contributed by atoms with van der Waals surface area (Å²) < 4.78 is 11.2. The molecule has 0 spiro atoms. The minimum absolute atomic E-state index is 0.0319. The summed E-state index contributed by atoms with van der Waals surface area (Å²) in [5.74, 6) is 0.246. The fourth-order valence-corrected chi connectivity index (χ4v) is 3.35. The number of nitrogens with zero attached hydrogens (tertiary/aromatic N) is 1. The molecule has 0 saturated carbocycles. The van der Waals surface area contributed by atoms with Crippen LogP contribution in [0.4, 0.5) is 0 Å². The zero-order chi connectivity index (χ0) is 20.6. The van der Waals surface area contributed by atoms with E-state index in [2.05, 4.69) is 5.32 Å². The standard InChI is InChI=1S/C22H20Cl2N2O3/c23-18-6-5-16(21(24)11-18)14-29-19-7-3-15(4-8-19)10-17(12-25)22(27)26-13-20-2-1-9-28-20/h3-8,10-11,20H,1-2,9,13-14H2,(H,26,27)/b17-10+/t20-/m1/s1. The maximum absolute atomic E-state index is 12.2. The number of halogens is 2. The van der Waals surface area contributed by atoms with Crippen LogP contribution in [0.5, 0.6) is 5.75 Å². The van der Waals surface area contributed by atoms with E-state index >= 15 is 0 Å². The Balaban J connectivity index is 1.57. The highest BCUT2D eigenvalue weighted by Gasteiger charge is 2.17. The van der Waals surface area contributed by atoms with E-state index in [4.69, 9.17) is 32.7 Å². The third-order valence-corrected chi connectivity index (χ3v) is 5.07. The highest BCUT2D eigenvalue weighted by Crippen LogP contribution is 2.23. The van der Waals surface area contributed by atoms with Crippen molar-refractivity contribution in [1.29, 1.82) is 5.26 Å². The monoisotopic (exact) mass is 430 g/mol. The molecule has 1 saturated heterocycles. The lowest BCUT2D eigenvalue weighted by Gasteiger charge is -2.10. The highest BCUT2D eigenvalue weighted by molar-refractivity contribution is 6.35. The number of benzene rings is 2. The second-order valence-electron chi connectivity index (χ2n) is 6.61. The Morgan fingerprint density at radius 1 is 1.28 bits per heavy atom. The molecule has 0 radical (unpaired) electrons. The number of carbonyl (C=O) groups is 1. The Labute approximate surface area is 179 Å². The summed E-state index contributed by atoms with van der Waals surface area (Å²) in [7, 11) is 0. The van der Waals surface area contributed by atoms with Crippen molar-refractivity contribution in [3.63, 3.8) is 0 Å². The van der Waals surface area contributed by atoms with Crippen LogP contribution >= 0.6 is 23.2 Å². The zero-order valence-corrected chi connectivity index (χ0v) is 17.2. The van der Waals surface area contributed by atoms with E-state index in [0.29, 0.717) is 28.9 Å². The fraction of sp³-hybridized carbons (Fsp3) is 0.273. The van der Waals surface area contributed by atoms with Crippen molar-refractivity contribution in [3.8, 4) is 11.8 Å². The summed E-state index contributed by atoms with van der Waals surface area (Å²) in [6, 6.07) is 14.3. The molecule has 3 rings (SSSR count).